The fourth-order valence-corrected chi connectivity index (χ4v) is 1.32. The largest absolute Gasteiger partial charge is 0.481 e. The molecule has 14 heavy (non-hydrogen) atoms. The van der Waals surface area contributed by atoms with Gasteiger partial charge in [0.15, 0.2) is 0 Å². The SMILES string of the molecule is CC(C)NCCCCCCCC(=O)O. The summed E-state index contributed by atoms with van der Waals surface area (Å²) in [6.45, 7) is 5.37. The van der Waals surface area contributed by atoms with Crippen molar-refractivity contribution in [2.24, 2.45) is 0 Å². The lowest BCUT2D eigenvalue weighted by Gasteiger charge is -2.06. The first-order valence-electron chi connectivity index (χ1n) is 5.58. The molecule has 0 amide bonds. The van der Waals surface area contributed by atoms with E-state index < -0.39 is 5.97 Å². The lowest BCUT2D eigenvalue weighted by molar-refractivity contribution is -0.137. The van der Waals surface area contributed by atoms with Gasteiger partial charge in [0, 0.05) is 12.5 Å². The van der Waals surface area contributed by atoms with Crippen molar-refractivity contribution in [1.82, 2.24) is 5.32 Å². The van der Waals surface area contributed by atoms with Crippen LogP contribution in [0.5, 0.6) is 0 Å². The summed E-state index contributed by atoms with van der Waals surface area (Å²) in [6.07, 6.45) is 5.77. The Bertz CT molecular complexity index is 146. The van der Waals surface area contributed by atoms with E-state index in [1.807, 2.05) is 0 Å². The molecule has 3 nitrogen and oxygen atoms in total. The summed E-state index contributed by atoms with van der Waals surface area (Å²) < 4.78 is 0. The molecule has 2 N–H and O–H groups in total. The fraction of sp³-hybridized carbons (Fsp3) is 0.909. The van der Waals surface area contributed by atoms with Gasteiger partial charge in [0.25, 0.3) is 0 Å². The molecule has 0 aliphatic heterocycles. The molecule has 0 radical (unpaired) electrons. The first-order valence-corrected chi connectivity index (χ1v) is 5.58. The van der Waals surface area contributed by atoms with Crippen LogP contribution >= 0.6 is 0 Å². The Morgan fingerprint density at radius 2 is 1.71 bits per heavy atom. The average Bonchev–Trinajstić information content (AvgIpc) is 2.08. The Hall–Kier alpha value is -0.570. The van der Waals surface area contributed by atoms with Crippen molar-refractivity contribution in [1.29, 1.82) is 0 Å². The van der Waals surface area contributed by atoms with Gasteiger partial charge in [0.2, 0.25) is 0 Å². The molecule has 0 spiro atoms. The number of nitrogens with one attached hydrogen (secondary N) is 1. The van der Waals surface area contributed by atoms with Gasteiger partial charge >= 0.3 is 5.97 Å². The van der Waals surface area contributed by atoms with Gasteiger partial charge < -0.3 is 10.4 Å². The maximum Gasteiger partial charge on any atom is 0.303 e. The molecule has 0 aromatic heterocycles. The summed E-state index contributed by atoms with van der Waals surface area (Å²) in [7, 11) is 0. The monoisotopic (exact) mass is 201 g/mol. The molecule has 0 unspecified atom stereocenters. The molecular formula is C11H23NO2. The van der Waals surface area contributed by atoms with Crippen LogP contribution in [0.3, 0.4) is 0 Å². The van der Waals surface area contributed by atoms with E-state index in [1.165, 1.54) is 12.8 Å². The van der Waals surface area contributed by atoms with E-state index in [0.29, 0.717) is 12.5 Å². The second-order valence-corrected chi connectivity index (χ2v) is 4.02. The topological polar surface area (TPSA) is 49.3 Å². The van der Waals surface area contributed by atoms with Gasteiger partial charge in [-0.25, -0.2) is 0 Å². The maximum atomic E-state index is 10.2. The third-order valence-electron chi connectivity index (χ3n) is 2.12. The van der Waals surface area contributed by atoms with E-state index in [0.717, 1.165) is 25.8 Å². The third-order valence-corrected chi connectivity index (χ3v) is 2.12. The average molecular weight is 201 g/mol. The number of carboxylic acids is 1. The highest BCUT2D eigenvalue weighted by molar-refractivity contribution is 5.66. The summed E-state index contributed by atoms with van der Waals surface area (Å²) >= 11 is 0. The van der Waals surface area contributed by atoms with Crippen LogP contribution in [-0.4, -0.2) is 23.7 Å². The van der Waals surface area contributed by atoms with Crippen LogP contribution in [0.2, 0.25) is 0 Å². The number of rotatable bonds is 9. The molecule has 0 rings (SSSR count). The number of aliphatic carboxylic acids is 1. The van der Waals surface area contributed by atoms with Crippen LogP contribution in [-0.2, 0) is 4.79 Å². The summed E-state index contributed by atoms with van der Waals surface area (Å²) in [6, 6.07) is 0.571. The number of hydrogen-bond donors (Lipinski definition) is 2. The minimum atomic E-state index is -0.675. The maximum absolute atomic E-state index is 10.2. The lowest BCUT2D eigenvalue weighted by Crippen LogP contribution is -2.23. The van der Waals surface area contributed by atoms with Gasteiger partial charge in [0.1, 0.15) is 0 Å². The van der Waals surface area contributed by atoms with Gasteiger partial charge in [-0.2, -0.15) is 0 Å². The van der Waals surface area contributed by atoms with Crippen LogP contribution in [0.25, 0.3) is 0 Å². The Balaban J connectivity index is 2.96. The highest BCUT2D eigenvalue weighted by Gasteiger charge is 1.96. The van der Waals surface area contributed by atoms with Crippen molar-refractivity contribution in [2.45, 2.75) is 58.4 Å². The second-order valence-electron chi connectivity index (χ2n) is 4.02. The molecular weight excluding hydrogens is 178 g/mol. The quantitative estimate of drug-likeness (QED) is 0.563. The fourth-order valence-electron chi connectivity index (χ4n) is 1.32. The minimum Gasteiger partial charge on any atom is -0.481 e. The zero-order valence-corrected chi connectivity index (χ0v) is 9.38. The first kappa shape index (κ1) is 13.4. The van der Waals surface area contributed by atoms with Crippen LogP contribution in [0.4, 0.5) is 0 Å². The van der Waals surface area contributed by atoms with Crippen molar-refractivity contribution in [3.8, 4) is 0 Å². The molecule has 0 bridgehead atoms. The molecule has 84 valence electrons. The molecule has 0 aliphatic carbocycles. The first-order chi connectivity index (χ1) is 6.63. The van der Waals surface area contributed by atoms with Gasteiger partial charge in [0.05, 0.1) is 0 Å². The zero-order valence-electron chi connectivity index (χ0n) is 9.38. The minimum absolute atomic E-state index is 0.324. The number of unbranched alkanes of at least 4 members (excludes halogenated alkanes) is 4. The predicted molar refractivity (Wildman–Crippen MR) is 58.5 cm³/mol. The van der Waals surface area contributed by atoms with Gasteiger partial charge in [-0.3, -0.25) is 4.79 Å². The van der Waals surface area contributed by atoms with E-state index in [9.17, 15) is 4.79 Å². The number of hydrogen-bond acceptors (Lipinski definition) is 2. The Morgan fingerprint density at radius 3 is 2.29 bits per heavy atom. The zero-order chi connectivity index (χ0) is 10.8. The molecule has 0 aliphatic rings. The summed E-state index contributed by atoms with van der Waals surface area (Å²) in [5.74, 6) is -0.675. The van der Waals surface area contributed by atoms with Crippen molar-refractivity contribution in [3.05, 3.63) is 0 Å². The smallest absolute Gasteiger partial charge is 0.303 e. The Labute approximate surface area is 86.9 Å². The van der Waals surface area contributed by atoms with E-state index in [2.05, 4.69) is 19.2 Å². The molecule has 3 heteroatoms. The second kappa shape index (κ2) is 9.00. The van der Waals surface area contributed by atoms with Crippen molar-refractivity contribution in [2.75, 3.05) is 6.54 Å². The van der Waals surface area contributed by atoms with Crippen LogP contribution in [0, 0.1) is 0 Å². The van der Waals surface area contributed by atoms with Crippen LogP contribution in [0.1, 0.15) is 52.4 Å². The number of carbonyl (C=O) groups is 1. The highest BCUT2D eigenvalue weighted by Crippen LogP contribution is 2.04. The summed E-state index contributed by atoms with van der Waals surface area (Å²) in [4.78, 5) is 10.2. The van der Waals surface area contributed by atoms with Crippen LogP contribution in [0.15, 0.2) is 0 Å². The van der Waals surface area contributed by atoms with E-state index in [1.54, 1.807) is 0 Å². The third kappa shape index (κ3) is 11.4. The molecule has 0 aromatic carbocycles. The predicted octanol–water partition coefficient (Wildman–Crippen LogP) is 2.41. The van der Waals surface area contributed by atoms with Gasteiger partial charge in [-0.15, -0.1) is 0 Å². The molecule has 0 fully saturated rings. The molecule has 0 heterocycles. The number of carboxylic acid groups (broad SMARTS) is 1. The lowest BCUT2D eigenvalue weighted by atomic mass is 10.1. The molecule has 0 saturated carbocycles. The van der Waals surface area contributed by atoms with Crippen LogP contribution < -0.4 is 5.32 Å². The molecule has 0 atom stereocenters. The molecule has 0 aromatic rings. The standard InChI is InChI=1S/C11H23NO2/c1-10(2)12-9-7-5-3-4-6-8-11(13)14/h10,12H,3-9H2,1-2H3,(H,13,14). The summed E-state index contributed by atoms with van der Waals surface area (Å²) in [5, 5.41) is 11.8. The van der Waals surface area contributed by atoms with E-state index >= 15 is 0 Å². The van der Waals surface area contributed by atoms with Crippen molar-refractivity contribution in [3.63, 3.8) is 0 Å². The van der Waals surface area contributed by atoms with Crippen molar-refractivity contribution >= 4 is 5.97 Å². The van der Waals surface area contributed by atoms with Gasteiger partial charge in [-0.05, 0) is 19.4 Å². The normalized spacial score (nSPS) is 10.8. The van der Waals surface area contributed by atoms with Gasteiger partial charge in [-0.1, -0.05) is 33.1 Å². The Morgan fingerprint density at radius 1 is 1.14 bits per heavy atom. The van der Waals surface area contributed by atoms with E-state index in [4.69, 9.17) is 5.11 Å². The highest BCUT2D eigenvalue weighted by atomic mass is 16.4. The van der Waals surface area contributed by atoms with Crippen molar-refractivity contribution < 1.29 is 9.90 Å². The van der Waals surface area contributed by atoms with E-state index in [-0.39, 0.29) is 0 Å². The summed E-state index contributed by atoms with van der Waals surface area (Å²) in [5.41, 5.74) is 0. The Kier molecular flexibility index (Phi) is 8.64. The molecule has 0 saturated heterocycles.